The second-order valence-electron chi connectivity index (χ2n) is 12.7. The van der Waals surface area contributed by atoms with Crippen molar-refractivity contribution in [3.05, 3.63) is 150 Å². The van der Waals surface area contributed by atoms with Crippen molar-refractivity contribution in [3.63, 3.8) is 0 Å². The molecular formula is C40H42N6. The third-order valence-corrected chi connectivity index (χ3v) is 8.38. The Labute approximate surface area is 272 Å². The summed E-state index contributed by atoms with van der Waals surface area (Å²) in [7, 11) is 0. The smallest absolute Gasteiger partial charge is 0.184 e. The summed E-state index contributed by atoms with van der Waals surface area (Å²) in [6, 6.07) is 46.2. The third-order valence-electron chi connectivity index (χ3n) is 8.38. The summed E-state index contributed by atoms with van der Waals surface area (Å²) in [5.74, 6) is 1.71. The molecule has 0 aliphatic heterocycles. The molecule has 6 heteroatoms. The Morgan fingerprint density at radius 2 is 1.11 bits per heavy atom. The average Bonchev–Trinajstić information content (AvgIpc) is 3.56. The number of tetrazole rings is 1. The van der Waals surface area contributed by atoms with E-state index in [2.05, 4.69) is 147 Å². The van der Waals surface area contributed by atoms with Crippen LogP contribution < -0.4 is 10.6 Å². The Hall–Kier alpha value is -5.23. The van der Waals surface area contributed by atoms with Gasteiger partial charge in [-0.25, -0.2) is 4.68 Å². The standard InChI is InChI=1S/C40H42N6/c1-29(2)27-45(28-30(3)4)38-25-24-31(26-37(38)41)35-22-14-15-23-36(35)39-42-43-44-46(39)40(32-16-8-5-9-17-32,33-18-10-6-11-19-33)34-20-12-7-13-21-34/h5-26,29-30H,27-28,41H2,1-4H3. The molecule has 6 rings (SSSR count). The first-order chi connectivity index (χ1) is 22.4. The van der Waals surface area contributed by atoms with E-state index in [4.69, 9.17) is 16.0 Å². The topological polar surface area (TPSA) is 72.9 Å². The van der Waals surface area contributed by atoms with Crippen molar-refractivity contribution < 1.29 is 0 Å². The van der Waals surface area contributed by atoms with Crippen LogP contribution in [-0.4, -0.2) is 33.3 Å². The minimum atomic E-state index is -0.840. The van der Waals surface area contributed by atoms with Gasteiger partial charge in [0.05, 0.1) is 11.4 Å². The normalized spacial score (nSPS) is 11.7. The molecule has 1 aromatic heterocycles. The van der Waals surface area contributed by atoms with Crippen molar-refractivity contribution in [2.24, 2.45) is 11.8 Å². The summed E-state index contributed by atoms with van der Waals surface area (Å²) in [5.41, 5.74) is 13.9. The van der Waals surface area contributed by atoms with Gasteiger partial charge in [0, 0.05) is 18.7 Å². The highest BCUT2D eigenvalue weighted by atomic mass is 15.6. The van der Waals surface area contributed by atoms with Crippen LogP contribution in [0.2, 0.25) is 0 Å². The highest BCUT2D eigenvalue weighted by molar-refractivity contribution is 5.85. The van der Waals surface area contributed by atoms with Gasteiger partial charge in [0.25, 0.3) is 0 Å². The molecule has 0 bridgehead atoms. The van der Waals surface area contributed by atoms with E-state index >= 15 is 0 Å². The zero-order chi connectivity index (χ0) is 32.1. The monoisotopic (exact) mass is 606 g/mol. The zero-order valence-electron chi connectivity index (χ0n) is 27.1. The molecule has 0 aliphatic rings. The molecule has 0 unspecified atom stereocenters. The fourth-order valence-corrected chi connectivity index (χ4v) is 6.58. The Kier molecular flexibility index (Phi) is 8.97. The molecule has 0 aliphatic carbocycles. The van der Waals surface area contributed by atoms with Crippen LogP contribution in [0.1, 0.15) is 44.4 Å². The van der Waals surface area contributed by atoms with Crippen molar-refractivity contribution in [1.82, 2.24) is 20.2 Å². The molecule has 0 radical (unpaired) electrons. The number of hydrogen-bond acceptors (Lipinski definition) is 5. The molecule has 0 fully saturated rings. The minimum Gasteiger partial charge on any atom is -0.397 e. The predicted molar refractivity (Wildman–Crippen MR) is 190 cm³/mol. The molecule has 232 valence electrons. The lowest BCUT2D eigenvalue weighted by Gasteiger charge is -2.36. The van der Waals surface area contributed by atoms with Crippen molar-refractivity contribution >= 4 is 11.4 Å². The number of hydrogen-bond donors (Lipinski definition) is 1. The number of aromatic nitrogens is 4. The van der Waals surface area contributed by atoms with Crippen molar-refractivity contribution in [3.8, 4) is 22.5 Å². The molecule has 0 spiro atoms. The SMILES string of the molecule is CC(C)CN(CC(C)C)c1ccc(-c2ccccc2-c2nnnn2C(c2ccccc2)(c2ccccc2)c2ccccc2)cc1N. The van der Waals surface area contributed by atoms with Crippen molar-refractivity contribution in [2.75, 3.05) is 23.7 Å². The van der Waals surface area contributed by atoms with E-state index in [0.717, 1.165) is 57.8 Å². The van der Waals surface area contributed by atoms with Crippen molar-refractivity contribution in [1.29, 1.82) is 0 Å². The van der Waals surface area contributed by atoms with Gasteiger partial charge < -0.3 is 10.6 Å². The molecule has 0 atom stereocenters. The first kappa shape index (κ1) is 30.8. The van der Waals surface area contributed by atoms with Gasteiger partial charge in [-0.2, -0.15) is 0 Å². The summed E-state index contributed by atoms with van der Waals surface area (Å²) in [6.07, 6.45) is 0. The Balaban J connectivity index is 1.55. The van der Waals surface area contributed by atoms with Crippen LogP contribution in [0, 0.1) is 11.8 Å². The summed E-state index contributed by atoms with van der Waals surface area (Å²) in [5, 5.41) is 13.8. The van der Waals surface area contributed by atoms with Crippen LogP contribution in [0.4, 0.5) is 11.4 Å². The van der Waals surface area contributed by atoms with Gasteiger partial charge in [-0.1, -0.05) is 149 Å². The van der Waals surface area contributed by atoms with E-state index < -0.39 is 5.54 Å². The molecule has 0 amide bonds. The second-order valence-corrected chi connectivity index (χ2v) is 12.7. The molecule has 2 N–H and O–H groups in total. The minimum absolute atomic E-state index is 0.525. The molecule has 5 aromatic carbocycles. The Morgan fingerprint density at radius 3 is 1.59 bits per heavy atom. The molecular weight excluding hydrogens is 564 g/mol. The van der Waals surface area contributed by atoms with Gasteiger partial charge >= 0.3 is 0 Å². The van der Waals surface area contributed by atoms with E-state index in [1.807, 2.05) is 28.9 Å². The van der Waals surface area contributed by atoms with Crippen LogP contribution in [-0.2, 0) is 5.54 Å². The predicted octanol–water partition coefficient (Wildman–Crippen LogP) is 8.55. The third kappa shape index (κ3) is 5.91. The van der Waals surface area contributed by atoms with Crippen LogP contribution >= 0.6 is 0 Å². The van der Waals surface area contributed by atoms with Crippen molar-refractivity contribution in [2.45, 2.75) is 33.2 Å². The second kappa shape index (κ2) is 13.4. The molecule has 46 heavy (non-hydrogen) atoms. The highest BCUT2D eigenvalue weighted by Gasteiger charge is 2.42. The molecule has 0 saturated carbocycles. The van der Waals surface area contributed by atoms with E-state index in [9.17, 15) is 0 Å². The van der Waals surface area contributed by atoms with Crippen LogP contribution in [0.15, 0.2) is 133 Å². The van der Waals surface area contributed by atoms with Crippen LogP contribution in [0.25, 0.3) is 22.5 Å². The van der Waals surface area contributed by atoms with Gasteiger partial charge in [-0.3, -0.25) is 0 Å². The van der Waals surface area contributed by atoms with E-state index in [-0.39, 0.29) is 0 Å². The van der Waals surface area contributed by atoms with Gasteiger partial charge in [0.2, 0.25) is 0 Å². The lowest BCUT2D eigenvalue weighted by atomic mass is 9.77. The lowest BCUT2D eigenvalue weighted by molar-refractivity contribution is 0.451. The first-order valence-electron chi connectivity index (χ1n) is 16.1. The molecule has 6 nitrogen and oxygen atoms in total. The maximum absolute atomic E-state index is 6.82. The zero-order valence-corrected chi connectivity index (χ0v) is 27.1. The maximum Gasteiger partial charge on any atom is 0.184 e. The van der Waals surface area contributed by atoms with E-state index in [0.29, 0.717) is 17.7 Å². The van der Waals surface area contributed by atoms with E-state index in [1.54, 1.807) is 0 Å². The molecule has 1 heterocycles. The fourth-order valence-electron chi connectivity index (χ4n) is 6.58. The highest BCUT2D eigenvalue weighted by Crippen LogP contribution is 2.43. The van der Waals surface area contributed by atoms with Crippen LogP contribution in [0.3, 0.4) is 0 Å². The van der Waals surface area contributed by atoms with Gasteiger partial charge in [0.1, 0.15) is 5.54 Å². The first-order valence-corrected chi connectivity index (χ1v) is 16.1. The number of anilines is 2. The average molecular weight is 607 g/mol. The number of nitrogens with two attached hydrogens (primary N) is 1. The van der Waals surface area contributed by atoms with Gasteiger partial charge in [-0.15, -0.1) is 5.10 Å². The number of rotatable bonds is 11. The summed E-state index contributed by atoms with van der Waals surface area (Å²) >= 11 is 0. The Morgan fingerprint density at radius 1 is 0.630 bits per heavy atom. The Bertz CT molecular complexity index is 1760. The number of nitrogen functional groups attached to an aromatic ring is 1. The molecule has 0 saturated heterocycles. The summed E-state index contributed by atoms with van der Waals surface area (Å²) in [6.45, 7) is 10.9. The molecule has 6 aromatic rings. The van der Waals surface area contributed by atoms with E-state index in [1.165, 1.54) is 0 Å². The summed E-state index contributed by atoms with van der Waals surface area (Å²) < 4.78 is 1.98. The van der Waals surface area contributed by atoms with Crippen LogP contribution in [0.5, 0.6) is 0 Å². The lowest BCUT2D eigenvalue weighted by Crippen LogP contribution is -2.39. The summed E-state index contributed by atoms with van der Waals surface area (Å²) in [4.78, 5) is 2.41. The van der Waals surface area contributed by atoms with Gasteiger partial charge in [0.15, 0.2) is 5.82 Å². The van der Waals surface area contributed by atoms with Gasteiger partial charge in [-0.05, 0) is 62.2 Å². The fraction of sp³-hybridized carbons (Fsp3) is 0.225. The number of nitrogens with zero attached hydrogens (tertiary/aromatic N) is 5. The number of benzene rings is 5. The maximum atomic E-state index is 6.82. The quantitative estimate of drug-likeness (QED) is 0.118. The largest absolute Gasteiger partial charge is 0.397 e.